The van der Waals surface area contributed by atoms with E-state index in [1.807, 2.05) is 88.5 Å². The quantitative estimate of drug-likeness (QED) is 0.459. The first-order chi connectivity index (χ1) is 13.2. The SMILES string of the molecule is CNC(c1ccccc1)C(c1ccccc1)N(CCl)S(=O)(=O)CCC(C)(C)C. The minimum absolute atomic E-state index is 0.0672. The van der Waals surface area contributed by atoms with Crippen molar-refractivity contribution in [2.24, 2.45) is 5.41 Å². The maximum atomic E-state index is 13.3. The Morgan fingerprint density at radius 2 is 1.46 bits per heavy atom. The van der Waals surface area contributed by atoms with Gasteiger partial charge in [0, 0.05) is 0 Å². The Labute approximate surface area is 175 Å². The summed E-state index contributed by atoms with van der Waals surface area (Å²) in [6, 6.07) is 18.8. The molecule has 2 atom stereocenters. The van der Waals surface area contributed by atoms with Gasteiger partial charge in [-0.05, 0) is 30.0 Å². The third kappa shape index (κ3) is 6.05. The van der Waals surface area contributed by atoms with Crippen LogP contribution in [0.2, 0.25) is 0 Å². The second-order valence-electron chi connectivity index (χ2n) is 8.17. The Kier molecular flexibility index (Phi) is 8.07. The molecule has 0 spiro atoms. The van der Waals surface area contributed by atoms with Gasteiger partial charge in [0.1, 0.15) is 0 Å². The van der Waals surface area contributed by atoms with Crippen molar-refractivity contribution in [3.8, 4) is 0 Å². The van der Waals surface area contributed by atoms with Gasteiger partial charge in [-0.1, -0.05) is 81.4 Å². The summed E-state index contributed by atoms with van der Waals surface area (Å²) in [5.41, 5.74) is 1.85. The number of sulfonamides is 1. The zero-order valence-electron chi connectivity index (χ0n) is 17.1. The van der Waals surface area contributed by atoms with Crippen LogP contribution in [0.4, 0.5) is 0 Å². The molecular weight excluding hydrogens is 392 g/mol. The molecule has 0 saturated heterocycles. The molecule has 0 bridgehead atoms. The molecule has 2 unspecified atom stereocenters. The molecule has 2 aromatic rings. The largest absolute Gasteiger partial charge is 0.311 e. The summed E-state index contributed by atoms with van der Waals surface area (Å²) < 4.78 is 28.0. The van der Waals surface area contributed by atoms with Gasteiger partial charge in [-0.25, -0.2) is 8.42 Å². The molecule has 1 N–H and O–H groups in total. The summed E-state index contributed by atoms with van der Waals surface area (Å²) in [5, 5.41) is 3.31. The highest BCUT2D eigenvalue weighted by Crippen LogP contribution is 2.36. The first kappa shape index (κ1) is 22.9. The van der Waals surface area contributed by atoms with Gasteiger partial charge in [-0.3, -0.25) is 0 Å². The van der Waals surface area contributed by atoms with Crippen LogP contribution in [-0.4, -0.2) is 31.5 Å². The van der Waals surface area contributed by atoms with E-state index in [0.717, 1.165) is 11.1 Å². The van der Waals surface area contributed by atoms with Gasteiger partial charge >= 0.3 is 0 Å². The fourth-order valence-corrected chi connectivity index (χ4v) is 5.65. The minimum atomic E-state index is -3.55. The van der Waals surface area contributed by atoms with Crippen molar-refractivity contribution in [2.75, 3.05) is 18.8 Å². The molecule has 2 aromatic carbocycles. The summed E-state index contributed by atoms with van der Waals surface area (Å²) in [6.45, 7) is 6.13. The molecular formula is C22H31ClN2O2S. The second-order valence-corrected chi connectivity index (χ2v) is 10.4. The number of alkyl halides is 1. The van der Waals surface area contributed by atoms with E-state index in [-0.39, 0.29) is 23.2 Å². The summed E-state index contributed by atoms with van der Waals surface area (Å²) >= 11 is 6.25. The highest BCUT2D eigenvalue weighted by Gasteiger charge is 2.36. The van der Waals surface area contributed by atoms with Crippen molar-refractivity contribution in [3.63, 3.8) is 0 Å². The van der Waals surface area contributed by atoms with Crippen LogP contribution in [0.15, 0.2) is 60.7 Å². The average molecular weight is 423 g/mol. The minimum Gasteiger partial charge on any atom is -0.311 e. The third-order valence-electron chi connectivity index (χ3n) is 4.82. The van der Waals surface area contributed by atoms with E-state index in [9.17, 15) is 8.42 Å². The summed E-state index contributed by atoms with van der Waals surface area (Å²) in [4.78, 5) is 0. The summed E-state index contributed by atoms with van der Waals surface area (Å²) in [5.74, 6) is 0.0672. The van der Waals surface area contributed by atoms with Gasteiger partial charge in [-0.2, -0.15) is 4.31 Å². The lowest BCUT2D eigenvalue weighted by atomic mass is 9.93. The van der Waals surface area contributed by atoms with Crippen LogP contribution in [-0.2, 0) is 10.0 Å². The first-order valence-electron chi connectivity index (χ1n) is 9.52. The molecule has 2 rings (SSSR count). The monoisotopic (exact) mass is 422 g/mol. The van der Waals surface area contributed by atoms with Gasteiger partial charge in [0.05, 0.1) is 23.8 Å². The van der Waals surface area contributed by atoms with Gasteiger partial charge in [0.15, 0.2) is 0 Å². The highest BCUT2D eigenvalue weighted by molar-refractivity contribution is 7.89. The van der Waals surface area contributed by atoms with Crippen molar-refractivity contribution < 1.29 is 8.42 Å². The van der Waals surface area contributed by atoms with Crippen molar-refractivity contribution in [1.82, 2.24) is 9.62 Å². The van der Waals surface area contributed by atoms with E-state index in [0.29, 0.717) is 6.42 Å². The number of hydrogen-bond donors (Lipinski definition) is 1. The van der Waals surface area contributed by atoms with Crippen LogP contribution in [0.25, 0.3) is 0 Å². The Bertz CT molecular complexity index is 821. The number of nitrogens with one attached hydrogen (secondary N) is 1. The summed E-state index contributed by atoms with van der Waals surface area (Å²) in [6.07, 6.45) is 0.569. The number of halogens is 1. The fourth-order valence-electron chi connectivity index (χ4n) is 3.22. The molecule has 0 aliphatic rings. The van der Waals surface area contributed by atoms with Crippen molar-refractivity contribution in [1.29, 1.82) is 0 Å². The Morgan fingerprint density at radius 1 is 0.964 bits per heavy atom. The van der Waals surface area contributed by atoms with Crippen LogP contribution in [0.1, 0.15) is 50.4 Å². The number of nitrogens with zero attached hydrogens (tertiary/aromatic N) is 1. The van der Waals surface area contributed by atoms with Crippen LogP contribution in [0.5, 0.6) is 0 Å². The topological polar surface area (TPSA) is 49.4 Å². The lowest BCUT2D eigenvalue weighted by Crippen LogP contribution is -2.42. The number of benzene rings is 2. The molecule has 0 fully saturated rings. The van der Waals surface area contributed by atoms with E-state index in [1.165, 1.54) is 4.31 Å². The van der Waals surface area contributed by atoms with E-state index in [1.54, 1.807) is 0 Å². The van der Waals surface area contributed by atoms with Crippen LogP contribution >= 0.6 is 11.6 Å². The number of hydrogen-bond acceptors (Lipinski definition) is 3. The third-order valence-corrected chi connectivity index (χ3v) is 7.01. The molecule has 0 amide bonds. The number of likely N-dealkylation sites (N-methyl/N-ethyl adjacent to an activating group) is 1. The Hall–Kier alpha value is -1.40. The molecule has 4 nitrogen and oxygen atoms in total. The van der Waals surface area contributed by atoms with Crippen molar-refractivity contribution >= 4 is 21.6 Å². The van der Waals surface area contributed by atoms with Gasteiger partial charge in [0.25, 0.3) is 0 Å². The maximum absolute atomic E-state index is 13.3. The molecule has 0 aliphatic carbocycles. The smallest absolute Gasteiger partial charge is 0.215 e. The molecule has 28 heavy (non-hydrogen) atoms. The molecule has 0 aromatic heterocycles. The van der Waals surface area contributed by atoms with E-state index < -0.39 is 16.1 Å². The zero-order chi connectivity index (χ0) is 20.8. The highest BCUT2D eigenvalue weighted by atomic mass is 35.5. The molecule has 0 aliphatic heterocycles. The van der Waals surface area contributed by atoms with E-state index >= 15 is 0 Å². The maximum Gasteiger partial charge on any atom is 0.215 e. The second kappa shape index (κ2) is 9.88. The lowest BCUT2D eigenvalue weighted by molar-refractivity contribution is 0.289. The van der Waals surface area contributed by atoms with Gasteiger partial charge < -0.3 is 5.32 Å². The predicted molar refractivity (Wildman–Crippen MR) is 118 cm³/mol. The van der Waals surface area contributed by atoms with E-state index in [2.05, 4.69) is 5.32 Å². The van der Waals surface area contributed by atoms with E-state index in [4.69, 9.17) is 11.6 Å². The summed E-state index contributed by atoms with van der Waals surface area (Å²) in [7, 11) is -1.71. The fraction of sp³-hybridized carbons (Fsp3) is 0.455. The predicted octanol–water partition coefficient (Wildman–Crippen LogP) is 4.95. The zero-order valence-corrected chi connectivity index (χ0v) is 18.7. The normalized spacial score (nSPS) is 14.8. The van der Waals surface area contributed by atoms with Crippen LogP contribution < -0.4 is 5.32 Å². The Balaban J connectivity index is 2.50. The van der Waals surface area contributed by atoms with Gasteiger partial charge in [0.2, 0.25) is 10.0 Å². The molecule has 0 heterocycles. The molecule has 0 saturated carbocycles. The molecule has 0 radical (unpaired) electrons. The van der Waals surface area contributed by atoms with Crippen LogP contribution in [0.3, 0.4) is 0 Å². The number of rotatable bonds is 9. The van der Waals surface area contributed by atoms with Gasteiger partial charge in [-0.15, -0.1) is 11.6 Å². The first-order valence-corrected chi connectivity index (χ1v) is 11.7. The molecule has 6 heteroatoms. The average Bonchev–Trinajstić information content (AvgIpc) is 2.67. The van der Waals surface area contributed by atoms with Crippen LogP contribution in [0, 0.1) is 5.41 Å². The standard InChI is InChI=1S/C22H31ClN2O2S/c1-22(2,3)15-16-28(26,27)25(17-23)21(19-13-9-6-10-14-19)20(24-4)18-11-7-5-8-12-18/h5-14,20-21,24H,15-17H2,1-4H3. The lowest BCUT2D eigenvalue weighted by Gasteiger charge is -2.36. The Morgan fingerprint density at radius 3 is 1.89 bits per heavy atom. The molecule has 154 valence electrons. The van der Waals surface area contributed by atoms with Crippen molar-refractivity contribution in [3.05, 3.63) is 71.8 Å². The van der Waals surface area contributed by atoms with Crippen molar-refractivity contribution in [2.45, 2.75) is 39.3 Å².